The van der Waals surface area contributed by atoms with Crippen molar-refractivity contribution in [3.63, 3.8) is 0 Å². The number of rotatable bonds is 5. The van der Waals surface area contributed by atoms with Crippen LogP contribution in [0.4, 0.5) is 17.3 Å². The SMILES string of the molecule is COc1cc(N2C[C@@H]3C[C@H]2CN3)ccc1Nc1ncc(Cl)c(-c2cnn3ccccc23)n1. The second-order valence-corrected chi connectivity index (χ2v) is 8.54. The molecule has 0 unspecified atom stereocenters. The predicted molar refractivity (Wildman–Crippen MR) is 125 cm³/mol. The molecule has 162 valence electrons. The first-order valence-electron chi connectivity index (χ1n) is 10.6. The molecule has 9 heteroatoms. The first kappa shape index (κ1) is 19.3. The van der Waals surface area contributed by atoms with Gasteiger partial charge in [-0.3, -0.25) is 0 Å². The molecule has 2 N–H and O–H groups in total. The molecule has 0 amide bonds. The summed E-state index contributed by atoms with van der Waals surface area (Å²) in [6, 6.07) is 13.2. The lowest BCUT2D eigenvalue weighted by molar-refractivity contribution is 0.416. The molecule has 2 atom stereocenters. The summed E-state index contributed by atoms with van der Waals surface area (Å²) in [6.45, 7) is 2.07. The number of pyridine rings is 1. The lowest BCUT2D eigenvalue weighted by atomic mass is 10.2. The molecule has 8 nitrogen and oxygen atoms in total. The van der Waals surface area contributed by atoms with E-state index in [1.807, 2.05) is 30.5 Å². The summed E-state index contributed by atoms with van der Waals surface area (Å²) in [5.74, 6) is 1.18. The normalized spacial score (nSPS) is 19.6. The fraction of sp³-hybridized carbons (Fsp3) is 0.261. The summed E-state index contributed by atoms with van der Waals surface area (Å²) in [6.07, 6.45) is 6.46. The summed E-state index contributed by atoms with van der Waals surface area (Å²) >= 11 is 6.45. The lowest BCUT2D eigenvalue weighted by Gasteiger charge is -2.30. The molecular formula is C23H22ClN7O. The number of ether oxygens (including phenoxy) is 1. The van der Waals surface area contributed by atoms with Crippen molar-refractivity contribution in [2.75, 3.05) is 30.4 Å². The second-order valence-electron chi connectivity index (χ2n) is 8.14. The van der Waals surface area contributed by atoms with E-state index in [0.717, 1.165) is 35.6 Å². The summed E-state index contributed by atoms with van der Waals surface area (Å²) < 4.78 is 7.48. The second kappa shape index (κ2) is 7.65. The van der Waals surface area contributed by atoms with Crippen LogP contribution < -0.4 is 20.3 Å². The van der Waals surface area contributed by atoms with Crippen LogP contribution in [0.1, 0.15) is 6.42 Å². The van der Waals surface area contributed by atoms with Crippen LogP contribution in [0, 0.1) is 0 Å². The summed E-state index contributed by atoms with van der Waals surface area (Å²) in [5, 5.41) is 11.7. The van der Waals surface area contributed by atoms with Gasteiger partial charge in [0.2, 0.25) is 5.95 Å². The van der Waals surface area contributed by atoms with Gasteiger partial charge in [-0.2, -0.15) is 5.10 Å². The van der Waals surface area contributed by atoms with Gasteiger partial charge >= 0.3 is 0 Å². The number of benzene rings is 1. The van der Waals surface area contributed by atoms with Gasteiger partial charge in [0, 0.05) is 48.7 Å². The van der Waals surface area contributed by atoms with E-state index in [1.54, 1.807) is 24.0 Å². The van der Waals surface area contributed by atoms with Crippen molar-refractivity contribution >= 4 is 34.4 Å². The maximum atomic E-state index is 6.45. The number of fused-ring (bicyclic) bond motifs is 3. The fourth-order valence-corrected chi connectivity index (χ4v) is 4.89. The summed E-state index contributed by atoms with van der Waals surface area (Å²) in [5.41, 5.74) is 4.37. The van der Waals surface area contributed by atoms with Crippen LogP contribution in [-0.2, 0) is 0 Å². The molecule has 2 fully saturated rings. The average molecular weight is 448 g/mol. The first-order chi connectivity index (χ1) is 15.7. The number of hydrogen-bond acceptors (Lipinski definition) is 7. The summed E-state index contributed by atoms with van der Waals surface area (Å²) in [4.78, 5) is 11.5. The van der Waals surface area contributed by atoms with Crippen LogP contribution in [0.2, 0.25) is 5.02 Å². The maximum Gasteiger partial charge on any atom is 0.227 e. The van der Waals surface area contributed by atoms with Crippen molar-refractivity contribution in [2.45, 2.75) is 18.5 Å². The van der Waals surface area contributed by atoms with Crippen LogP contribution in [0.25, 0.3) is 16.8 Å². The Morgan fingerprint density at radius 1 is 1.22 bits per heavy atom. The number of hydrogen-bond donors (Lipinski definition) is 2. The number of nitrogens with zero attached hydrogens (tertiary/aromatic N) is 5. The maximum absolute atomic E-state index is 6.45. The van der Waals surface area contributed by atoms with Gasteiger partial charge in [-0.15, -0.1) is 0 Å². The zero-order valence-corrected chi connectivity index (χ0v) is 18.3. The zero-order valence-electron chi connectivity index (χ0n) is 17.5. The molecule has 1 aromatic carbocycles. The molecule has 0 aliphatic carbocycles. The molecule has 0 radical (unpaired) electrons. The van der Waals surface area contributed by atoms with Crippen LogP contribution in [-0.4, -0.2) is 51.9 Å². The molecule has 2 aliphatic rings. The highest BCUT2D eigenvalue weighted by atomic mass is 35.5. The molecule has 0 saturated carbocycles. The standard InChI is InChI=1S/C23H22ClN7O/c1-32-21-9-15(30-13-14-8-16(30)10-25-14)5-6-19(21)28-23-26-12-18(24)22(29-23)17-11-27-31-7-3-2-4-20(17)31/h2-7,9,11-12,14,16,25H,8,10,13H2,1H3,(H,26,28,29)/t14-,16-/m0/s1. The zero-order chi connectivity index (χ0) is 21.7. The molecule has 2 aliphatic heterocycles. The Hall–Kier alpha value is -3.36. The van der Waals surface area contributed by atoms with Crippen molar-refractivity contribution in [1.29, 1.82) is 0 Å². The fourth-order valence-electron chi connectivity index (χ4n) is 4.69. The Morgan fingerprint density at radius 3 is 2.97 bits per heavy atom. The monoisotopic (exact) mass is 447 g/mol. The summed E-state index contributed by atoms with van der Waals surface area (Å²) in [7, 11) is 1.68. The third-order valence-corrected chi connectivity index (χ3v) is 6.52. The molecule has 2 bridgehead atoms. The van der Waals surface area contributed by atoms with Gasteiger partial charge in [-0.25, -0.2) is 14.5 Å². The van der Waals surface area contributed by atoms with Crippen molar-refractivity contribution in [2.24, 2.45) is 0 Å². The van der Waals surface area contributed by atoms with Crippen molar-refractivity contribution < 1.29 is 4.74 Å². The molecular weight excluding hydrogens is 426 g/mol. The highest BCUT2D eigenvalue weighted by Gasteiger charge is 2.37. The molecule has 3 aromatic heterocycles. The van der Waals surface area contributed by atoms with Gasteiger partial charge < -0.3 is 20.3 Å². The van der Waals surface area contributed by atoms with E-state index in [1.165, 1.54) is 12.1 Å². The number of piperazine rings is 1. The van der Waals surface area contributed by atoms with Gasteiger partial charge in [0.15, 0.2) is 0 Å². The van der Waals surface area contributed by atoms with E-state index in [-0.39, 0.29) is 0 Å². The quantitative estimate of drug-likeness (QED) is 0.482. The van der Waals surface area contributed by atoms with E-state index in [2.05, 4.69) is 42.7 Å². The number of halogens is 1. The Morgan fingerprint density at radius 2 is 2.16 bits per heavy atom. The van der Waals surface area contributed by atoms with Crippen molar-refractivity contribution in [1.82, 2.24) is 24.9 Å². The number of aromatic nitrogens is 4. The third-order valence-electron chi connectivity index (χ3n) is 6.25. The average Bonchev–Trinajstić information content (AvgIpc) is 3.56. The largest absolute Gasteiger partial charge is 0.494 e. The predicted octanol–water partition coefficient (Wildman–Crippen LogP) is 3.75. The van der Waals surface area contributed by atoms with Crippen LogP contribution in [0.5, 0.6) is 5.75 Å². The third kappa shape index (κ3) is 3.23. The van der Waals surface area contributed by atoms with E-state index in [0.29, 0.717) is 28.7 Å². The Labute approximate surface area is 190 Å². The van der Waals surface area contributed by atoms with Gasteiger partial charge in [-0.05, 0) is 30.7 Å². The molecule has 6 rings (SSSR count). The highest BCUT2D eigenvalue weighted by Crippen LogP contribution is 2.36. The molecule has 2 saturated heterocycles. The van der Waals surface area contributed by atoms with Crippen molar-refractivity contribution in [3.05, 3.63) is 60.0 Å². The Bertz CT molecular complexity index is 1310. The Kier molecular flexibility index (Phi) is 4.62. The molecule has 5 heterocycles. The van der Waals surface area contributed by atoms with E-state index < -0.39 is 0 Å². The minimum absolute atomic E-state index is 0.440. The van der Waals surface area contributed by atoms with Crippen LogP contribution >= 0.6 is 11.6 Å². The highest BCUT2D eigenvalue weighted by molar-refractivity contribution is 6.33. The van der Waals surface area contributed by atoms with E-state index >= 15 is 0 Å². The molecule has 32 heavy (non-hydrogen) atoms. The smallest absolute Gasteiger partial charge is 0.227 e. The number of nitrogens with one attached hydrogen (secondary N) is 2. The van der Waals surface area contributed by atoms with Crippen LogP contribution in [0.15, 0.2) is 55.0 Å². The molecule has 0 spiro atoms. The molecule has 4 aromatic rings. The van der Waals surface area contributed by atoms with Crippen LogP contribution in [0.3, 0.4) is 0 Å². The Balaban J connectivity index is 1.31. The lowest BCUT2D eigenvalue weighted by Crippen LogP contribution is -2.43. The van der Waals surface area contributed by atoms with Gasteiger partial charge in [0.25, 0.3) is 0 Å². The topological polar surface area (TPSA) is 79.6 Å². The van der Waals surface area contributed by atoms with Gasteiger partial charge in [0.1, 0.15) is 5.75 Å². The number of anilines is 3. The minimum atomic E-state index is 0.440. The van der Waals surface area contributed by atoms with Gasteiger partial charge in [0.05, 0.1) is 41.4 Å². The minimum Gasteiger partial charge on any atom is -0.494 e. The first-order valence-corrected chi connectivity index (χ1v) is 11.0. The number of methoxy groups -OCH3 is 1. The van der Waals surface area contributed by atoms with E-state index in [4.69, 9.17) is 16.3 Å². The van der Waals surface area contributed by atoms with E-state index in [9.17, 15) is 0 Å². The van der Waals surface area contributed by atoms with Crippen molar-refractivity contribution in [3.8, 4) is 17.0 Å². The van der Waals surface area contributed by atoms with Gasteiger partial charge in [-0.1, -0.05) is 17.7 Å².